The average molecular weight is 197 g/mol. The van der Waals surface area contributed by atoms with E-state index in [1.165, 1.54) is 42.8 Å². The van der Waals surface area contributed by atoms with E-state index in [0.29, 0.717) is 0 Å². The quantitative estimate of drug-likeness (QED) is 0.632. The zero-order chi connectivity index (χ0) is 9.52. The van der Waals surface area contributed by atoms with Crippen molar-refractivity contribution in [2.24, 2.45) is 0 Å². The number of rotatable bonds is 6. The molecule has 1 heterocycles. The molecule has 2 heteroatoms. The highest BCUT2D eigenvalue weighted by Crippen LogP contribution is 2.13. The number of nitrogens with zero attached hydrogens (tertiary/aromatic N) is 1. The molecule has 0 amide bonds. The van der Waals surface area contributed by atoms with E-state index in [9.17, 15) is 0 Å². The summed E-state index contributed by atoms with van der Waals surface area (Å²) in [6, 6.07) is 0. The maximum Gasteiger partial charge on any atom is 0.0928 e. The van der Waals surface area contributed by atoms with Crippen molar-refractivity contribution in [2.45, 2.75) is 52.4 Å². The first-order chi connectivity index (χ1) is 6.36. The van der Waals surface area contributed by atoms with Crippen LogP contribution in [0.4, 0.5) is 0 Å². The van der Waals surface area contributed by atoms with E-state index in [4.69, 9.17) is 0 Å². The zero-order valence-corrected chi connectivity index (χ0v) is 9.49. The van der Waals surface area contributed by atoms with Crippen molar-refractivity contribution in [1.29, 1.82) is 0 Å². The summed E-state index contributed by atoms with van der Waals surface area (Å²) in [7, 11) is 0. The summed E-state index contributed by atoms with van der Waals surface area (Å²) in [6.45, 7) is 4.41. The van der Waals surface area contributed by atoms with Gasteiger partial charge in [0.1, 0.15) is 0 Å². The first-order valence-corrected chi connectivity index (χ1v) is 6.18. The first-order valence-electron chi connectivity index (χ1n) is 5.30. The summed E-state index contributed by atoms with van der Waals surface area (Å²) < 4.78 is 0. The highest BCUT2D eigenvalue weighted by atomic mass is 32.1. The molecule has 0 fully saturated rings. The summed E-state index contributed by atoms with van der Waals surface area (Å²) in [5.74, 6) is 0. The van der Waals surface area contributed by atoms with Gasteiger partial charge in [0.15, 0.2) is 0 Å². The van der Waals surface area contributed by atoms with Gasteiger partial charge in [-0.05, 0) is 19.3 Å². The highest BCUT2D eigenvalue weighted by molar-refractivity contribution is 7.09. The van der Waals surface area contributed by atoms with Gasteiger partial charge in [-0.25, -0.2) is 4.98 Å². The average Bonchev–Trinajstić information content (AvgIpc) is 2.60. The Kier molecular flexibility index (Phi) is 5.06. The first kappa shape index (κ1) is 10.7. The van der Waals surface area contributed by atoms with Crippen LogP contribution in [-0.2, 0) is 12.8 Å². The third-order valence-corrected chi connectivity index (χ3v) is 3.16. The Balaban J connectivity index is 2.20. The van der Waals surface area contributed by atoms with Gasteiger partial charge in [0.05, 0.1) is 10.7 Å². The molecule has 1 nitrogen and oxygen atoms in total. The molecule has 0 bridgehead atoms. The Morgan fingerprint density at radius 2 is 2.08 bits per heavy atom. The number of unbranched alkanes of at least 4 members (excludes halogenated alkanes) is 3. The van der Waals surface area contributed by atoms with Gasteiger partial charge < -0.3 is 0 Å². The molecule has 0 saturated heterocycles. The highest BCUT2D eigenvalue weighted by Gasteiger charge is 1.99. The van der Waals surface area contributed by atoms with Crippen LogP contribution in [0.3, 0.4) is 0 Å². The van der Waals surface area contributed by atoms with Crippen LogP contribution >= 0.6 is 11.3 Å². The number of hydrogen-bond acceptors (Lipinski definition) is 2. The van der Waals surface area contributed by atoms with Crippen LogP contribution in [0.1, 0.15) is 50.2 Å². The van der Waals surface area contributed by atoms with Crippen LogP contribution < -0.4 is 0 Å². The largest absolute Gasteiger partial charge is 0.246 e. The predicted octanol–water partition coefficient (Wildman–Crippen LogP) is 3.83. The topological polar surface area (TPSA) is 12.9 Å². The van der Waals surface area contributed by atoms with Crippen LogP contribution in [0.2, 0.25) is 0 Å². The van der Waals surface area contributed by atoms with Crippen molar-refractivity contribution < 1.29 is 0 Å². The monoisotopic (exact) mass is 197 g/mol. The Morgan fingerprint density at radius 3 is 2.69 bits per heavy atom. The summed E-state index contributed by atoms with van der Waals surface area (Å²) in [4.78, 5) is 4.54. The van der Waals surface area contributed by atoms with Gasteiger partial charge in [-0.15, -0.1) is 11.3 Å². The van der Waals surface area contributed by atoms with Crippen LogP contribution in [0, 0.1) is 0 Å². The van der Waals surface area contributed by atoms with Crippen molar-refractivity contribution in [3.63, 3.8) is 0 Å². The second-order valence-electron chi connectivity index (χ2n) is 3.40. The van der Waals surface area contributed by atoms with Crippen LogP contribution in [0.5, 0.6) is 0 Å². The van der Waals surface area contributed by atoms with E-state index < -0.39 is 0 Å². The van der Waals surface area contributed by atoms with Gasteiger partial charge in [-0.2, -0.15) is 0 Å². The lowest BCUT2D eigenvalue weighted by Gasteiger charge is -1.95. The molecular formula is C11H19NS. The van der Waals surface area contributed by atoms with E-state index in [1.54, 1.807) is 0 Å². The molecule has 0 atom stereocenters. The minimum absolute atomic E-state index is 1.07. The van der Waals surface area contributed by atoms with Crippen LogP contribution in [0.25, 0.3) is 0 Å². The van der Waals surface area contributed by atoms with Gasteiger partial charge in [0.25, 0.3) is 0 Å². The summed E-state index contributed by atoms with van der Waals surface area (Å²) >= 11 is 1.82. The van der Waals surface area contributed by atoms with Crippen LogP contribution in [0.15, 0.2) is 5.38 Å². The number of aromatic nitrogens is 1. The van der Waals surface area contributed by atoms with Gasteiger partial charge in [-0.1, -0.05) is 33.1 Å². The summed E-state index contributed by atoms with van der Waals surface area (Å²) in [5.41, 5.74) is 1.26. The van der Waals surface area contributed by atoms with Crippen molar-refractivity contribution in [2.75, 3.05) is 0 Å². The molecule has 1 aromatic rings. The maximum absolute atomic E-state index is 4.54. The lowest BCUT2D eigenvalue weighted by atomic mass is 10.2. The summed E-state index contributed by atoms with van der Waals surface area (Å²) in [6.07, 6.45) is 7.61. The summed E-state index contributed by atoms with van der Waals surface area (Å²) in [5, 5.41) is 3.52. The predicted molar refractivity (Wildman–Crippen MR) is 59.3 cm³/mol. The third-order valence-electron chi connectivity index (χ3n) is 2.21. The van der Waals surface area contributed by atoms with E-state index in [0.717, 1.165) is 6.42 Å². The molecule has 0 aliphatic heterocycles. The SMILES string of the molecule is CCCCCCc1nc(CC)cs1. The minimum atomic E-state index is 1.07. The standard InChI is InChI=1S/C11H19NS/c1-3-5-6-7-8-11-12-10(4-2)9-13-11/h9H,3-8H2,1-2H3. The minimum Gasteiger partial charge on any atom is -0.246 e. The fraction of sp³-hybridized carbons (Fsp3) is 0.727. The smallest absolute Gasteiger partial charge is 0.0928 e. The van der Waals surface area contributed by atoms with Crippen LogP contribution in [-0.4, -0.2) is 4.98 Å². The Hall–Kier alpha value is -0.370. The Labute approximate surface area is 85.2 Å². The van der Waals surface area contributed by atoms with Gasteiger partial charge in [0, 0.05) is 5.38 Å². The lowest BCUT2D eigenvalue weighted by molar-refractivity contribution is 0.664. The normalized spacial score (nSPS) is 10.6. The van der Waals surface area contributed by atoms with E-state index in [1.807, 2.05) is 11.3 Å². The molecule has 0 radical (unpaired) electrons. The van der Waals surface area contributed by atoms with E-state index in [2.05, 4.69) is 24.2 Å². The lowest BCUT2D eigenvalue weighted by Crippen LogP contribution is -1.86. The molecule has 0 spiro atoms. The number of thiazole rings is 1. The molecule has 13 heavy (non-hydrogen) atoms. The molecule has 0 aliphatic carbocycles. The van der Waals surface area contributed by atoms with Gasteiger partial charge in [-0.3, -0.25) is 0 Å². The van der Waals surface area contributed by atoms with Crippen molar-refractivity contribution in [1.82, 2.24) is 4.98 Å². The molecule has 74 valence electrons. The van der Waals surface area contributed by atoms with Crippen molar-refractivity contribution >= 4 is 11.3 Å². The fourth-order valence-electron chi connectivity index (χ4n) is 1.33. The third kappa shape index (κ3) is 3.90. The molecule has 1 rings (SSSR count). The Bertz CT molecular complexity index is 230. The fourth-order valence-corrected chi connectivity index (χ4v) is 2.25. The molecule has 0 saturated carbocycles. The molecule has 0 N–H and O–H groups in total. The Morgan fingerprint density at radius 1 is 1.23 bits per heavy atom. The molecule has 0 unspecified atom stereocenters. The van der Waals surface area contributed by atoms with E-state index >= 15 is 0 Å². The number of aryl methyl sites for hydroxylation is 2. The molecule has 0 aliphatic rings. The van der Waals surface area contributed by atoms with Gasteiger partial charge in [0.2, 0.25) is 0 Å². The molecule has 1 aromatic heterocycles. The molecular weight excluding hydrogens is 178 g/mol. The number of hydrogen-bond donors (Lipinski definition) is 0. The van der Waals surface area contributed by atoms with E-state index in [-0.39, 0.29) is 0 Å². The van der Waals surface area contributed by atoms with Crippen molar-refractivity contribution in [3.8, 4) is 0 Å². The maximum atomic E-state index is 4.54. The second kappa shape index (κ2) is 6.14. The second-order valence-corrected chi connectivity index (χ2v) is 4.34. The molecule has 0 aromatic carbocycles. The van der Waals surface area contributed by atoms with Gasteiger partial charge >= 0.3 is 0 Å². The zero-order valence-electron chi connectivity index (χ0n) is 8.68. The van der Waals surface area contributed by atoms with Crippen molar-refractivity contribution in [3.05, 3.63) is 16.1 Å².